The van der Waals surface area contributed by atoms with E-state index in [1.165, 1.54) is 6.26 Å². The number of carbonyl (C=O) groups excluding carboxylic acids is 1. The molecule has 2 heterocycles. The van der Waals surface area contributed by atoms with Crippen LogP contribution in [0.25, 0.3) is 0 Å². The first kappa shape index (κ1) is 15.5. The molecule has 5 nitrogen and oxygen atoms in total. The van der Waals surface area contributed by atoms with Crippen molar-refractivity contribution in [1.82, 2.24) is 0 Å². The Morgan fingerprint density at radius 1 is 1.40 bits per heavy atom. The summed E-state index contributed by atoms with van der Waals surface area (Å²) < 4.78 is 22.3. The van der Waals surface area contributed by atoms with Gasteiger partial charge in [0, 0.05) is 36.4 Å². The molecule has 5 heteroatoms. The van der Waals surface area contributed by atoms with Gasteiger partial charge in [-0.25, -0.2) is 0 Å². The first-order valence-electron chi connectivity index (χ1n) is 7.19. The summed E-state index contributed by atoms with van der Waals surface area (Å²) in [4.78, 5) is 11.1. The first-order valence-corrected chi connectivity index (χ1v) is 7.19. The van der Waals surface area contributed by atoms with Crippen LogP contribution in [0.4, 0.5) is 0 Å². The summed E-state index contributed by atoms with van der Waals surface area (Å²) in [6.07, 6.45) is 3.14. The molecule has 20 heavy (non-hydrogen) atoms. The molecule has 0 radical (unpaired) electrons. The normalized spacial score (nSPS) is 30.4. The lowest BCUT2D eigenvalue weighted by Gasteiger charge is -2.37. The van der Waals surface area contributed by atoms with Crippen molar-refractivity contribution >= 4 is 6.29 Å². The van der Waals surface area contributed by atoms with Crippen molar-refractivity contribution in [2.24, 2.45) is 11.3 Å². The van der Waals surface area contributed by atoms with Gasteiger partial charge in [0.2, 0.25) is 0 Å². The molecule has 1 fully saturated rings. The number of carbonyl (C=O) groups is 1. The van der Waals surface area contributed by atoms with E-state index < -0.39 is 0 Å². The van der Waals surface area contributed by atoms with Gasteiger partial charge in [0.1, 0.15) is 6.29 Å². The Morgan fingerprint density at radius 3 is 2.70 bits per heavy atom. The van der Waals surface area contributed by atoms with Crippen LogP contribution in [0.3, 0.4) is 0 Å². The van der Waals surface area contributed by atoms with Crippen molar-refractivity contribution in [3.05, 3.63) is 11.8 Å². The van der Waals surface area contributed by atoms with Crippen LogP contribution in [0.1, 0.15) is 33.6 Å². The minimum atomic E-state index is -0.284. The standard InChI is InChI=1S/C15H24O5/c1-4-17-13-5-11(12(7-16)8-18-13)6-14-19-9-15(2,3)10-20-14/h7-8,11,13-14H,4-6,9-10H2,1-3H3. The molecule has 2 atom stereocenters. The molecule has 2 aliphatic heterocycles. The van der Waals surface area contributed by atoms with Crippen molar-refractivity contribution in [3.8, 4) is 0 Å². The van der Waals surface area contributed by atoms with Crippen molar-refractivity contribution in [2.75, 3.05) is 19.8 Å². The average molecular weight is 284 g/mol. The van der Waals surface area contributed by atoms with Gasteiger partial charge in [0.15, 0.2) is 12.6 Å². The average Bonchev–Trinajstić information content (AvgIpc) is 2.42. The van der Waals surface area contributed by atoms with Crippen LogP contribution < -0.4 is 0 Å². The Bertz CT molecular complexity index is 353. The third-order valence-corrected chi connectivity index (χ3v) is 3.59. The maximum absolute atomic E-state index is 11.1. The Hall–Kier alpha value is -0.910. The topological polar surface area (TPSA) is 54.0 Å². The van der Waals surface area contributed by atoms with Gasteiger partial charge in [-0.05, 0) is 6.92 Å². The van der Waals surface area contributed by atoms with Gasteiger partial charge in [0.25, 0.3) is 0 Å². The minimum absolute atomic E-state index is 0.0589. The van der Waals surface area contributed by atoms with E-state index >= 15 is 0 Å². The summed E-state index contributed by atoms with van der Waals surface area (Å²) in [5, 5.41) is 0. The molecule has 0 aromatic rings. The lowest BCUT2D eigenvalue weighted by atomic mass is 9.90. The molecule has 0 spiro atoms. The zero-order chi connectivity index (χ0) is 14.6. The molecule has 1 saturated heterocycles. The Morgan fingerprint density at radius 2 is 2.10 bits per heavy atom. The highest BCUT2D eigenvalue weighted by molar-refractivity contribution is 5.73. The van der Waals surface area contributed by atoms with E-state index in [1.54, 1.807) is 0 Å². The van der Waals surface area contributed by atoms with E-state index in [1.807, 2.05) is 6.92 Å². The summed E-state index contributed by atoms with van der Waals surface area (Å²) in [6.45, 7) is 8.09. The molecule has 2 aliphatic rings. The molecule has 0 aromatic carbocycles. The molecule has 0 bridgehead atoms. The van der Waals surface area contributed by atoms with Crippen LogP contribution >= 0.6 is 0 Å². The maximum atomic E-state index is 11.1. The second-order valence-electron chi connectivity index (χ2n) is 6.14. The quantitative estimate of drug-likeness (QED) is 0.725. The van der Waals surface area contributed by atoms with E-state index in [2.05, 4.69) is 13.8 Å². The Labute approximate surface area is 120 Å². The van der Waals surface area contributed by atoms with Crippen LogP contribution in [0.2, 0.25) is 0 Å². The molecule has 2 rings (SSSR count). The van der Waals surface area contributed by atoms with Crippen molar-refractivity contribution < 1.29 is 23.7 Å². The minimum Gasteiger partial charge on any atom is -0.472 e. The van der Waals surface area contributed by atoms with Gasteiger partial charge in [-0.1, -0.05) is 13.8 Å². The van der Waals surface area contributed by atoms with Gasteiger partial charge in [0.05, 0.1) is 19.5 Å². The van der Waals surface area contributed by atoms with Crippen molar-refractivity contribution in [1.29, 1.82) is 0 Å². The third-order valence-electron chi connectivity index (χ3n) is 3.59. The lowest BCUT2D eigenvalue weighted by Crippen LogP contribution is -2.39. The maximum Gasteiger partial charge on any atom is 0.199 e. The fourth-order valence-electron chi connectivity index (χ4n) is 2.42. The number of ether oxygens (including phenoxy) is 4. The number of hydrogen-bond acceptors (Lipinski definition) is 5. The molecular formula is C15H24O5. The summed E-state index contributed by atoms with van der Waals surface area (Å²) in [6, 6.07) is 0. The number of allylic oxidation sites excluding steroid dienone is 1. The second-order valence-corrected chi connectivity index (χ2v) is 6.14. The number of aldehydes is 1. The smallest absolute Gasteiger partial charge is 0.199 e. The molecule has 0 aromatic heterocycles. The molecule has 0 N–H and O–H groups in total. The molecular weight excluding hydrogens is 260 g/mol. The second kappa shape index (κ2) is 6.70. The molecule has 0 amide bonds. The monoisotopic (exact) mass is 284 g/mol. The highest BCUT2D eigenvalue weighted by Crippen LogP contribution is 2.32. The predicted molar refractivity (Wildman–Crippen MR) is 72.8 cm³/mol. The van der Waals surface area contributed by atoms with E-state index in [4.69, 9.17) is 18.9 Å². The van der Waals surface area contributed by atoms with Crippen LogP contribution in [-0.2, 0) is 23.7 Å². The van der Waals surface area contributed by atoms with Crippen LogP contribution in [0.15, 0.2) is 11.8 Å². The predicted octanol–water partition coefficient (Wildman–Crippen LogP) is 2.26. The van der Waals surface area contributed by atoms with E-state index in [-0.39, 0.29) is 23.9 Å². The zero-order valence-corrected chi connectivity index (χ0v) is 12.5. The molecule has 2 unspecified atom stereocenters. The van der Waals surface area contributed by atoms with Crippen molar-refractivity contribution in [2.45, 2.75) is 46.2 Å². The van der Waals surface area contributed by atoms with Crippen LogP contribution in [-0.4, -0.2) is 38.7 Å². The number of rotatable bonds is 5. The fraction of sp³-hybridized carbons (Fsp3) is 0.800. The third kappa shape index (κ3) is 4.04. The summed E-state index contributed by atoms with van der Waals surface area (Å²) in [5.74, 6) is 0.0593. The Kier molecular flexibility index (Phi) is 5.18. The summed E-state index contributed by atoms with van der Waals surface area (Å²) >= 11 is 0. The van der Waals surface area contributed by atoms with Gasteiger partial charge in [-0.2, -0.15) is 0 Å². The molecule has 114 valence electrons. The van der Waals surface area contributed by atoms with Crippen LogP contribution in [0.5, 0.6) is 0 Å². The van der Waals surface area contributed by atoms with Crippen molar-refractivity contribution in [3.63, 3.8) is 0 Å². The van der Waals surface area contributed by atoms with E-state index in [9.17, 15) is 4.79 Å². The van der Waals surface area contributed by atoms with E-state index in [0.717, 1.165) is 6.29 Å². The SMILES string of the molecule is CCOC1CC(CC2OCC(C)(C)CO2)C(C=O)=CO1. The van der Waals surface area contributed by atoms with Gasteiger partial charge >= 0.3 is 0 Å². The number of hydrogen-bond donors (Lipinski definition) is 0. The van der Waals surface area contributed by atoms with Gasteiger partial charge in [-0.3, -0.25) is 4.79 Å². The summed E-state index contributed by atoms with van der Waals surface area (Å²) in [5.41, 5.74) is 0.710. The largest absolute Gasteiger partial charge is 0.472 e. The molecule has 0 aliphatic carbocycles. The fourth-order valence-corrected chi connectivity index (χ4v) is 2.42. The van der Waals surface area contributed by atoms with Gasteiger partial charge < -0.3 is 18.9 Å². The van der Waals surface area contributed by atoms with E-state index in [0.29, 0.717) is 38.2 Å². The first-order chi connectivity index (χ1) is 9.54. The molecule has 0 saturated carbocycles. The van der Waals surface area contributed by atoms with Gasteiger partial charge in [-0.15, -0.1) is 0 Å². The van der Waals surface area contributed by atoms with Crippen LogP contribution in [0, 0.1) is 11.3 Å². The lowest BCUT2D eigenvalue weighted by molar-refractivity contribution is -0.229. The highest BCUT2D eigenvalue weighted by Gasteiger charge is 2.33. The zero-order valence-electron chi connectivity index (χ0n) is 12.5. The summed E-state index contributed by atoms with van der Waals surface area (Å²) in [7, 11) is 0. The highest BCUT2D eigenvalue weighted by atomic mass is 16.7. The Balaban J connectivity index is 1.91.